The largest absolute Gasteiger partial charge is 0.378 e. The van der Waals surface area contributed by atoms with Gasteiger partial charge in [-0.05, 0) is 49.4 Å². The lowest BCUT2D eigenvalue weighted by molar-refractivity contribution is 0.212. The molecule has 0 heterocycles. The zero-order chi connectivity index (χ0) is 13.9. The van der Waals surface area contributed by atoms with Gasteiger partial charge in [0.05, 0.1) is 5.54 Å². The van der Waals surface area contributed by atoms with Gasteiger partial charge < -0.3 is 11.1 Å². The average molecular weight is 325 g/mol. The number of anilines is 1. The quantitative estimate of drug-likeness (QED) is 0.857. The molecule has 1 saturated carbocycles. The summed E-state index contributed by atoms with van der Waals surface area (Å²) < 4.78 is 1.13. The van der Waals surface area contributed by atoms with Crippen molar-refractivity contribution in [3.63, 3.8) is 0 Å². The number of hydrogen-bond acceptors (Lipinski definition) is 2. The Balaban J connectivity index is 2.25. The third kappa shape index (κ3) is 3.32. The molecule has 3 heteroatoms. The van der Waals surface area contributed by atoms with Crippen LogP contribution < -0.4 is 11.1 Å². The van der Waals surface area contributed by atoms with Crippen molar-refractivity contribution >= 4 is 21.6 Å². The topological polar surface area (TPSA) is 38.0 Å². The van der Waals surface area contributed by atoms with Crippen LogP contribution in [0, 0.1) is 12.8 Å². The summed E-state index contributed by atoms with van der Waals surface area (Å²) in [4.78, 5) is 0. The van der Waals surface area contributed by atoms with Crippen molar-refractivity contribution in [1.29, 1.82) is 0 Å². The van der Waals surface area contributed by atoms with Gasteiger partial charge in [-0.2, -0.15) is 0 Å². The zero-order valence-corrected chi connectivity index (χ0v) is 13.6. The fourth-order valence-corrected chi connectivity index (χ4v) is 4.09. The van der Waals surface area contributed by atoms with Gasteiger partial charge in [0.25, 0.3) is 0 Å². The molecule has 1 aromatic rings. The molecule has 106 valence electrons. The Bertz CT molecular complexity index is 413. The van der Waals surface area contributed by atoms with Crippen molar-refractivity contribution in [2.24, 2.45) is 11.7 Å². The molecular weight excluding hydrogens is 300 g/mol. The second-order valence-electron chi connectivity index (χ2n) is 5.85. The van der Waals surface area contributed by atoms with E-state index < -0.39 is 0 Å². The minimum Gasteiger partial charge on any atom is -0.378 e. The molecule has 2 atom stereocenters. The predicted octanol–water partition coefficient (Wildman–Crippen LogP) is 4.47. The van der Waals surface area contributed by atoms with E-state index in [-0.39, 0.29) is 5.54 Å². The molecule has 1 aromatic carbocycles. The number of hydrogen-bond donors (Lipinski definition) is 2. The van der Waals surface area contributed by atoms with Gasteiger partial charge in [0, 0.05) is 16.7 Å². The zero-order valence-electron chi connectivity index (χ0n) is 12.0. The first-order valence-corrected chi connectivity index (χ1v) is 8.14. The Morgan fingerprint density at radius 1 is 1.37 bits per heavy atom. The predicted molar refractivity (Wildman–Crippen MR) is 86.5 cm³/mol. The number of nitrogens with one attached hydrogen (secondary N) is 1. The monoisotopic (exact) mass is 324 g/mol. The molecule has 0 saturated heterocycles. The molecule has 1 aliphatic rings. The van der Waals surface area contributed by atoms with Crippen LogP contribution in [0.3, 0.4) is 0 Å². The van der Waals surface area contributed by atoms with Crippen molar-refractivity contribution in [2.45, 2.75) is 51.5 Å². The van der Waals surface area contributed by atoms with Crippen LogP contribution in [0.25, 0.3) is 0 Å². The van der Waals surface area contributed by atoms with Crippen LogP contribution in [-0.2, 0) is 0 Å². The van der Waals surface area contributed by atoms with Gasteiger partial charge in [0.15, 0.2) is 0 Å². The lowest BCUT2D eigenvalue weighted by Gasteiger charge is -2.45. The first-order valence-electron chi connectivity index (χ1n) is 7.35. The van der Waals surface area contributed by atoms with Crippen molar-refractivity contribution in [3.8, 4) is 0 Å². The van der Waals surface area contributed by atoms with Crippen LogP contribution in [0.4, 0.5) is 5.69 Å². The molecule has 2 rings (SSSR count). The lowest BCUT2D eigenvalue weighted by atomic mass is 9.71. The molecule has 0 aromatic heterocycles. The van der Waals surface area contributed by atoms with Crippen molar-refractivity contribution in [2.75, 3.05) is 11.9 Å². The summed E-state index contributed by atoms with van der Waals surface area (Å²) >= 11 is 3.58. The maximum absolute atomic E-state index is 6.15. The average Bonchev–Trinajstić information content (AvgIpc) is 2.38. The molecule has 1 fully saturated rings. The van der Waals surface area contributed by atoms with E-state index in [4.69, 9.17) is 5.73 Å². The maximum Gasteiger partial charge on any atom is 0.0523 e. The Morgan fingerprint density at radius 2 is 2.16 bits per heavy atom. The van der Waals surface area contributed by atoms with E-state index in [1.807, 2.05) is 0 Å². The van der Waals surface area contributed by atoms with Crippen LogP contribution in [0.5, 0.6) is 0 Å². The molecule has 3 N–H and O–H groups in total. The third-order valence-corrected chi connectivity index (χ3v) is 4.96. The summed E-state index contributed by atoms with van der Waals surface area (Å²) in [6, 6.07) is 6.51. The van der Waals surface area contributed by atoms with Gasteiger partial charge in [-0.15, -0.1) is 0 Å². The molecule has 2 unspecified atom stereocenters. The van der Waals surface area contributed by atoms with E-state index in [0.717, 1.165) is 11.0 Å². The SMILES string of the molecule is CCC1CCCCC1(CN)Nc1cc(C)cc(Br)c1. The third-order valence-electron chi connectivity index (χ3n) is 4.50. The Morgan fingerprint density at radius 3 is 2.79 bits per heavy atom. The molecule has 1 aliphatic carbocycles. The smallest absolute Gasteiger partial charge is 0.0523 e. The molecule has 0 aliphatic heterocycles. The normalized spacial score (nSPS) is 27.3. The van der Waals surface area contributed by atoms with Crippen molar-refractivity contribution < 1.29 is 0 Å². The Labute approximate surface area is 125 Å². The van der Waals surface area contributed by atoms with Gasteiger partial charge >= 0.3 is 0 Å². The van der Waals surface area contributed by atoms with Crippen LogP contribution in [-0.4, -0.2) is 12.1 Å². The maximum atomic E-state index is 6.15. The number of halogens is 1. The van der Waals surface area contributed by atoms with E-state index in [1.165, 1.54) is 43.4 Å². The first-order chi connectivity index (χ1) is 9.09. The summed E-state index contributed by atoms with van der Waals surface area (Å²) in [5.41, 5.74) is 8.70. The number of nitrogens with two attached hydrogens (primary N) is 1. The second kappa shape index (κ2) is 6.27. The summed E-state index contributed by atoms with van der Waals surface area (Å²) in [6.45, 7) is 5.13. The standard InChI is InChI=1S/C16H25BrN2/c1-3-13-6-4-5-7-16(13,11-18)19-15-9-12(2)8-14(17)10-15/h8-10,13,19H,3-7,11,18H2,1-2H3. The fraction of sp³-hybridized carbons (Fsp3) is 0.625. The van der Waals surface area contributed by atoms with Crippen LogP contribution in [0.2, 0.25) is 0 Å². The van der Waals surface area contributed by atoms with Gasteiger partial charge in [0.1, 0.15) is 0 Å². The van der Waals surface area contributed by atoms with E-state index in [2.05, 4.69) is 53.3 Å². The summed E-state index contributed by atoms with van der Waals surface area (Å²) in [7, 11) is 0. The molecule has 0 spiro atoms. The summed E-state index contributed by atoms with van der Waals surface area (Å²) in [5, 5.41) is 3.77. The highest BCUT2D eigenvalue weighted by molar-refractivity contribution is 9.10. The number of rotatable bonds is 4. The van der Waals surface area contributed by atoms with E-state index in [1.54, 1.807) is 0 Å². The fourth-order valence-electron chi connectivity index (χ4n) is 3.49. The molecule has 19 heavy (non-hydrogen) atoms. The lowest BCUT2D eigenvalue weighted by Crippen LogP contribution is -2.53. The van der Waals surface area contributed by atoms with Gasteiger partial charge in [0.2, 0.25) is 0 Å². The molecular formula is C16H25BrN2. The minimum absolute atomic E-state index is 0.0836. The van der Waals surface area contributed by atoms with Crippen molar-refractivity contribution in [3.05, 3.63) is 28.2 Å². The molecule has 0 radical (unpaired) electrons. The van der Waals surface area contributed by atoms with E-state index in [0.29, 0.717) is 5.92 Å². The first kappa shape index (κ1) is 14.9. The van der Waals surface area contributed by atoms with Crippen LogP contribution in [0.1, 0.15) is 44.6 Å². The number of aryl methyl sites for hydroxylation is 1. The highest BCUT2D eigenvalue weighted by Crippen LogP contribution is 2.38. The summed E-state index contributed by atoms with van der Waals surface area (Å²) in [5.74, 6) is 0.686. The second-order valence-corrected chi connectivity index (χ2v) is 6.77. The van der Waals surface area contributed by atoms with Gasteiger partial charge in [-0.1, -0.05) is 42.1 Å². The van der Waals surface area contributed by atoms with Crippen LogP contribution in [0.15, 0.2) is 22.7 Å². The van der Waals surface area contributed by atoms with Gasteiger partial charge in [-0.25, -0.2) is 0 Å². The van der Waals surface area contributed by atoms with Crippen molar-refractivity contribution in [1.82, 2.24) is 0 Å². The van der Waals surface area contributed by atoms with E-state index in [9.17, 15) is 0 Å². The number of benzene rings is 1. The molecule has 0 amide bonds. The van der Waals surface area contributed by atoms with Gasteiger partial charge in [-0.3, -0.25) is 0 Å². The summed E-state index contributed by atoms with van der Waals surface area (Å²) in [6.07, 6.45) is 6.32. The Hall–Kier alpha value is -0.540. The highest BCUT2D eigenvalue weighted by Gasteiger charge is 2.38. The van der Waals surface area contributed by atoms with Crippen LogP contribution >= 0.6 is 15.9 Å². The minimum atomic E-state index is 0.0836. The molecule has 0 bridgehead atoms. The van der Waals surface area contributed by atoms with E-state index >= 15 is 0 Å². The molecule has 2 nitrogen and oxygen atoms in total. The highest BCUT2D eigenvalue weighted by atomic mass is 79.9. The Kier molecular flexibility index (Phi) is 4.91.